The van der Waals surface area contributed by atoms with Gasteiger partial charge in [0.25, 0.3) is 5.78 Å². The van der Waals surface area contributed by atoms with E-state index in [9.17, 15) is 19.1 Å². The average molecular weight is 505 g/mol. The lowest BCUT2D eigenvalue weighted by Gasteiger charge is -2.23. The summed E-state index contributed by atoms with van der Waals surface area (Å²) in [6.45, 7) is 2.35. The molecule has 1 aromatic heterocycles. The first-order chi connectivity index (χ1) is 17.4. The molecule has 182 valence electrons. The van der Waals surface area contributed by atoms with Gasteiger partial charge in [0, 0.05) is 5.56 Å². The van der Waals surface area contributed by atoms with Crippen molar-refractivity contribution < 1.29 is 28.6 Å². The number of benzene rings is 3. The number of hydrogen-bond donors (Lipinski definition) is 1. The molecule has 1 amide bonds. The molecule has 0 unspecified atom stereocenters. The third kappa shape index (κ3) is 4.07. The Labute approximate surface area is 210 Å². The number of amides is 1. The van der Waals surface area contributed by atoms with Crippen molar-refractivity contribution in [3.63, 3.8) is 0 Å². The quantitative estimate of drug-likeness (QED) is 0.213. The van der Waals surface area contributed by atoms with Crippen LogP contribution >= 0.6 is 11.3 Å². The first-order valence-corrected chi connectivity index (χ1v) is 12.0. The van der Waals surface area contributed by atoms with Crippen LogP contribution in [0.1, 0.15) is 24.1 Å². The van der Waals surface area contributed by atoms with E-state index < -0.39 is 23.5 Å². The van der Waals surface area contributed by atoms with Crippen LogP contribution in [0.4, 0.5) is 9.52 Å². The number of Topliss-reactive ketones (excluding diaryl/α,β-unsaturated/α-hetero) is 1. The van der Waals surface area contributed by atoms with Crippen molar-refractivity contribution in [2.24, 2.45) is 0 Å². The van der Waals surface area contributed by atoms with E-state index in [1.165, 1.54) is 30.2 Å². The van der Waals surface area contributed by atoms with Crippen molar-refractivity contribution in [3.05, 3.63) is 89.2 Å². The van der Waals surface area contributed by atoms with E-state index >= 15 is 0 Å². The first kappa shape index (κ1) is 23.5. The molecule has 9 heteroatoms. The minimum atomic E-state index is -0.951. The molecule has 0 radical (unpaired) electrons. The molecule has 1 aliphatic rings. The lowest BCUT2D eigenvalue weighted by atomic mass is 9.95. The van der Waals surface area contributed by atoms with Crippen molar-refractivity contribution in [1.29, 1.82) is 0 Å². The Morgan fingerprint density at radius 1 is 1.06 bits per heavy atom. The van der Waals surface area contributed by atoms with Crippen LogP contribution in [-0.2, 0) is 9.59 Å². The van der Waals surface area contributed by atoms with Gasteiger partial charge in [-0.05, 0) is 67.1 Å². The van der Waals surface area contributed by atoms with Crippen LogP contribution in [0.25, 0.3) is 16.0 Å². The van der Waals surface area contributed by atoms with Gasteiger partial charge in [0.05, 0.1) is 35.5 Å². The number of aromatic nitrogens is 1. The molecule has 0 saturated carbocycles. The van der Waals surface area contributed by atoms with E-state index in [0.29, 0.717) is 39.4 Å². The zero-order valence-corrected chi connectivity index (χ0v) is 20.2. The largest absolute Gasteiger partial charge is 0.507 e. The number of thiazole rings is 1. The van der Waals surface area contributed by atoms with Gasteiger partial charge in [0.15, 0.2) is 5.13 Å². The molecule has 36 heavy (non-hydrogen) atoms. The number of methoxy groups -OCH3 is 1. The number of anilines is 1. The average Bonchev–Trinajstić information content (AvgIpc) is 3.42. The number of nitrogens with zero attached hydrogens (tertiary/aromatic N) is 2. The number of ether oxygens (including phenoxy) is 2. The Kier molecular flexibility index (Phi) is 6.15. The van der Waals surface area contributed by atoms with E-state index in [1.54, 1.807) is 48.5 Å². The standard InChI is InChI=1S/C27H21FN2O5S/c1-3-35-19-11-4-15(5-12-19)23-22(24(31)16-6-9-18(34-2)10-7-16)25(32)26(33)30(23)27-29-20-13-8-17(28)14-21(20)36-27/h4-14,23,31H,3H2,1-2H3/t23-/m0/s1. The summed E-state index contributed by atoms with van der Waals surface area (Å²) >= 11 is 1.09. The summed E-state index contributed by atoms with van der Waals surface area (Å²) < 4.78 is 25.0. The summed E-state index contributed by atoms with van der Waals surface area (Å²) in [7, 11) is 1.52. The van der Waals surface area contributed by atoms with Crippen LogP contribution < -0.4 is 14.4 Å². The zero-order valence-electron chi connectivity index (χ0n) is 19.4. The fourth-order valence-electron chi connectivity index (χ4n) is 4.15. The molecule has 1 atom stereocenters. The van der Waals surface area contributed by atoms with Crippen molar-refractivity contribution in [3.8, 4) is 11.5 Å². The highest BCUT2D eigenvalue weighted by Gasteiger charge is 2.48. The van der Waals surface area contributed by atoms with E-state index in [2.05, 4.69) is 4.98 Å². The number of aliphatic hydroxyl groups excluding tert-OH is 1. The summed E-state index contributed by atoms with van der Waals surface area (Å²) in [5.41, 5.74) is 1.37. The number of halogens is 1. The number of carbonyl (C=O) groups excluding carboxylic acids is 2. The van der Waals surface area contributed by atoms with Gasteiger partial charge in [-0.25, -0.2) is 9.37 Å². The minimum absolute atomic E-state index is 0.0697. The highest BCUT2D eigenvalue weighted by molar-refractivity contribution is 7.22. The number of fused-ring (bicyclic) bond motifs is 1. The molecule has 0 spiro atoms. The van der Waals surface area contributed by atoms with Crippen LogP contribution in [0.2, 0.25) is 0 Å². The molecule has 1 fully saturated rings. The smallest absolute Gasteiger partial charge is 0.301 e. The maximum absolute atomic E-state index is 13.8. The number of aliphatic hydroxyl groups is 1. The molecular formula is C27H21FN2O5S. The van der Waals surface area contributed by atoms with Crippen LogP contribution in [0.3, 0.4) is 0 Å². The zero-order chi connectivity index (χ0) is 25.4. The lowest BCUT2D eigenvalue weighted by Crippen LogP contribution is -2.29. The maximum atomic E-state index is 13.8. The van der Waals surface area contributed by atoms with Crippen molar-refractivity contribution in [2.75, 3.05) is 18.6 Å². The van der Waals surface area contributed by atoms with Gasteiger partial charge >= 0.3 is 5.91 Å². The number of hydrogen-bond acceptors (Lipinski definition) is 7. The lowest BCUT2D eigenvalue weighted by molar-refractivity contribution is -0.132. The van der Waals surface area contributed by atoms with Gasteiger partial charge in [-0.15, -0.1) is 0 Å². The SMILES string of the molecule is CCOc1ccc([C@H]2C(=C(O)c3ccc(OC)cc3)C(=O)C(=O)N2c2nc3ccc(F)cc3s2)cc1. The number of ketones is 1. The van der Waals surface area contributed by atoms with Crippen molar-refractivity contribution in [2.45, 2.75) is 13.0 Å². The highest BCUT2D eigenvalue weighted by atomic mass is 32.1. The van der Waals surface area contributed by atoms with Gasteiger partial charge in [-0.2, -0.15) is 0 Å². The molecular weight excluding hydrogens is 483 g/mol. The molecule has 7 nitrogen and oxygen atoms in total. The van der Waals surface area contributed by atoms with Gasteiger partial charge < -0.3 is 14.6 Å². The summed E-state index contributed by atoms with van der Waals surface area (Å²) in [6.07, 6.45) is 0. The maximum Gasteiger partial charge on any atom is 0.301 e. The summed E-state index contributed by atoms with van der Waals surface area (Å²) in [4.78, 5) is 32.4. The van der Waals surface area contributed by atoms with Crippen LogP contribution in [0, 0.1) is 5.82 Å². The van der Waals surface area contributed by atoms with Gasteiger partial charge in [-0.1, -0.05) is 23.5 Å². The van der Waals surface area contributed by atoms with E-state index in [-0.39, 0.29) is 16.5 Å². The van der Waals surface area contributed by atoms with Crippen LogP contribution in [0.15, 0.2) is 72.3 Å². The second-order valence-electron chi connectivity index (χ2n) is 8.01. The summed E-state index contributed by atoms with van der Waals surface area (Å²) in [5, 5.41) is 11.5. The topological polar surface area (TPSA) is 89.0 Å². The van der Waals surface area contributed by atoms with Crippen LogP contribution in [-0.4, -0.2) is 35.5 Å². The minimum Gasteiger partial charge on any atom is -0.507 e. The van der Waals surface area contributed by atoms with Crippen LogP contribution in [0.5, 0.6) is 11.5 Å². The Bertz CT molecular complexity index is 1500. The molecule has 5 rings (SSSR count). The molecule has 1 saturated heterocycles. The Morgan fingerprint density at radius 3 is 2.42 bits per heavy atom. The third-order valence-corrected chi connectivity index (χ3v) is 6.88. The van der Waals surface area contributed by atoms with E-state index in [4.69, 9.17) is 9.47 Å². The third-order valence-electron chi connectivity index (χ3n) is 5.86. The highest BCUT2D eigenvalue weighted by Crippen LogP contribution is 2.44. The van der Waals surface area contributed by atoms with E-state index in [0.717, 1.165) is 11.3 Å². The Hall–Kier alpha value is -4.24. The van der Waals surface area contributed by atoms with Gasteiger partial charge in [-0.3, -0.25) is 14.5 Å². The van der Waals surface area contributed by atoms with Crippen molar-refractivity contribution in [1.82, 2.24) is 4.98 Å². The molecule has 3 aromatic carbocycles. The van der Waals surface area contributed by atoms with Gasteiger partial charge in [0.1, 0.15) is 23.1 Å². The normalized spacial score (nSPS) is 17.1. The summed E-state index contributed by atoms with van der Waals surface area (Å²) in [6, 6.07) is 16.7. The van der Waals surface area contributed by atoms with Crippen molar-refractivity contribution >= 4 is 44.1 Å². The molecule has 2 heterocycles. The Balaban J connectivity index is 1.68. The number of rotatable bonds is 6. The molecule has 1 aliphatic heterocycles. The molecule has 0 bridgehead atoms. The molecule has 0 aliphatic carbocycles. The molecule has 4 aromatic rings. The summed E-state index contributed by atoms with van der Waals surface area (Å²) in [5.74, 6) is -1.21. The predicted molar refractivity (Wildman–Crippen MR) is 135 cm³/mol. The number of carbonyl (C=O) groups is 2. The Morgan fingerprint density at radius 2 is 1.75 bits per heavy atom. The monoisotopic (exact) mass is 504 g/mol. The first-order valence-electron chi connectivity index (χ1n) is 11.2. The molecule has 1 N–H and O–H groups in total. The fourth-order valence-corrected chi connectivity index (χ4v) is 5.17. The van der Waals surface area contributed by atoms with Gasteiger partial charge in [0.2, 0.25) is 0 Å². The second kappa shape index (κ2) is 9.43. The van der Waals surface area contributed by atoms with E-state index in [1.807, 2.05) is 6.92 Å². The second-order valence-corrected chi connectivity index (χ2v) is 9.02. The predicted octanol–water partition coefficient (Wildman–Crippen LogP) is 5.47. The fraction of sp³-hybridized carbons (Fsp3) is 0.148.